The average Bonchev–Trinajstić information content (AvgIpc) is 2.20. The van der Waals surface area contributed by atoms with Crippen LogP contribution in [0.2, 0.25) is 0 Å². The Balaban J connectivity index is 3.15. The number of nitrogens with two attached hydrogens (primary N) is 1. The Morgan fingerprint density at radius 3 is 2.65 bits per heavy atom. The van der Waals surface area contributed by atoms with Crippen LogP contribution in [0.3, 0.4) is 0 Å². The first kappa shape index (κ1) is 13.9. The van der Waals surface area contributed by atoms with Gasteiger partial charge in [0, 0.05) is 17.8 Å². The molecule has 1 atom stereocenters. The Kier molecular flexibility index (Phi) is 4.07. The summed E-state index contributed by atoms with van der Waals surface area (Å²) in [4.78, 5) is -0.212. The third-order valence-electron chi connectivity index (χ3n) is 2.18. The molecule has 0 bridgehead atoms. The molecule has 0 aromatic heterocycles. The van der Waals surface area contributed by atoms with Crippen molar-refractivity contribution in [1.29, 1.82) is 0 Å². The number of anilines is 1. The van der Waals surface area contributed by atoms with E-state index in [-0.39, 0.29) is 22.7 Å². The summed E-state index contributed by atoms with van der Waals surface area (Å²) >= 11 is 0. The number of halogens is 1. The van der Waals surface area contributed by atoms with Crippen molar-refractivity contribution in [3.05, 3.63) is 23.5 Å². The predicted octanol–water partition coefficient (Wildman–Crippen LogP) is 0.375. The van der Waals surface area contributed by atoms with Gasteiger partial charge in [-0.1, -0.05) is 0 Å². The largest absolute Gasteiger partial charge is 0.399 e. The van der Waals surface area contributed by atoms with Gasteiger partial charge in [-0.25, -0.2) is 17.5 Å². The maximum absolute atomic E-state index is 13.3. The van der Waals surface area contributed by atoms with Gasteiger partial charge >= 0.3 is 0 Å². The lowest BCUT2D eigenvalue weighted by Gasteiger charge is -2.11. The molecule has 96 valence electrons. The number of hydrogen-bond donors (Lipinski definition) is 3. The SMILES string of the molecule is Cc1c(F)cc(N)cc1S(=O)(=O)NCC(C)O. The maximum Gasteiger partial charge on any atom is 0.241 e. The number of rotatable bonds is 4. The fraction of sp³-hybridized carbons (Fsp3) is 0.400. The third kappa shape index (κ3) is 3.39. The minimum absolute atomic E-state index is 0.00251. The monoisotopic (exact) mass is 262 g/mol. The highest BCUT2D eigenvalue weighted by Gasteiger charge is 2.19. The van der Waals surface area contributed by atoms with Crippen molar-refractivity contribution >= 4 is 15.7 Å². The number of sulfonamides is 1. The van der Waals surface area contributed by atoms with Gasteiger partial charge in [0.05, 0.1) is 11.0 Å². The standard InChI is InChI=1S/C10H15FN2O3S/c1-6(14)5-13-17(15,16)10-4-8(12)3-9(11)7(10)2/h3-4,6,13-14H,5,12H2,1-2H3. The second-order valence-electron chi connectivity index (χ2n) is 3.83. The van der Waals surface area contributed by atoms with Crippen LogP contribution in [0.15, 0.2) is 17.0 Å². The van der Waals surface area contributed by atoms with Crippen molar-refractivity contribution in [3.8, 4) is 0 Å². The zero-order valence-corrected chi connectivity index (χ0v) is 10.4. The molecular formula is C10H15FN2O3S. The normalized spacial score (nSPS) is 13.6. The molecule has 7 heteroatoms. The lowest BCUT2D eigenvalue weighted by molar-refractivity contribution is 0.198. The van der Waals surface area contributed by atoms with Gasteiger partial charge in [0.25, 0.3) is 0 Å². The van der Waals surface area contributed by atoms with Gasteiger partial charge in [-0.05, 0) is 26.0 Å². The molecule has 0 amide bonds. The van der Waals surface area contributed by atoms with Crippen LogP contribution in [0.25, 0.3) is 0 Å². The number of benzene rings is 1. The first-order valence-electron chi connectivity index (χ1n) is 4.97. The topological polar surface area (TPSA) is 92.4 Å². The van der Waals surface area contributed by atoms with Gasteiger partial charge in [0.1, 0.15) is 5.82 Å². The Hall–Kier alpha value is -1.18. The van der Waals surface area contributed by atoms with E-state index in [1.807, 2.05) is 0 Å². The molecule has 1 aromatic rings. The average molecular weight is 262 g/mol. The van der Waals surface area contributed by atoms with Crippen molar-refractivity contribution in [3.63, 3.8) is 0 Å². The number of aliphatic hydroxyl groups excluding tert-OH is 1. The highest BCUT2D eigenvalue weighted by atomic mass is 32.2. The Labute approximate surface area is 99.5 Å². The van der Waals surface area contributed by atoms with E-state index in [4.69, 9.17) is 10.8 Å². The van der Waals surface area contributed by atoms with E-state index in [1.165, 1.54) is 19.9 Å². The van der Waals surface area contributed by atoms with Crippen molar-refractivity contribution in [2.75, 3.05) is 12.3 Å². The highest BCUT2D eigenvalue weighted by molar-refractivity contribution is 7.89. The van der Waals surface area contributed by atoms with Crippen molar-refractivity contribution in [2.24, 2.45) is 0 Å². The molecule has 0 spiro atoms. The van der Waals surface area contributed by atoms with Crippen LogP contribution in [0, 0.1) is 12.7 Å². The molecule has 0 heterocycles. The van der Waals surface area contributed by atoms with E-state index in [1.54, 1.807) is 0 Å². The first-order chi connectivity index (χ1) is 7.74. The van der Waals surface area contributed by atoms with Gasteiger partial charge in [-0.15, -0.1) is 0 Å². The van der Waals surface area contributed by atoms with Gasteiger partial charge in [0.2, 0.25) is 10.0 Å². The molecule has 0 aliphatic carbocycles. The van der Waals surface area contributed by atoms with Crippen LogP contribution >= 0.6 is 0 Å². The molecule has 1 rings (SSSR count). The Morgan fingerprint density at radius 2 is 2.12 bits per heavy atom. The second kappa shape index (κ2) is 4.99. The van der Waals surface area contributed by atoms with Gasteiger partial charge in [0.15, 0.2) is 0 Å². The predicted molar refractivity (Wildman–Crippen MR) is 62.4 cm³/mol. The zero-order valence-electron chi connectivity index (χ0n) is 9.57. The molecule has 1 aromatic carbocycles. The van der Waals surface area contributed by atoms with E-state index in [9.17, 15) is 12.8 Å². The minimum atomic E-state index is -3.86. The molecule has 0 aliphatic rings. The van der Waals surface area contributed by atoms with E-state index in [0.29, 0.717) is 0 Å². The summed E-state index contributed by atoms with van der Waals surface area (Å²) in [6.07, 6.45) is -0.823. The van der Waals surface area contributed by atoms with E-state index >= 15 is 0 Å². The van der Waals surface area contributed by atoms with Crippen LogP contribution in [0.4, 0.5) is 10.1 Å². The molecule has 5 nitrogen and oxygen atoms in total. The van der Waals surface area contributed by atoms with E-state index in [2.05, 4.69) is 4.72 Å². The van der Waals surface area contributed by atoms with Crippen LogP contribution in [-0.4, -0.2) is 26.2 Å². The van der Waals surface area contributed by atoms with Crippen LogP contribution < -0.4 is 10.5 Å². The molecule has 4 N–H and O–H groups in total. The molecule has 0 fully saturated rings. The number of hydrogen-bond acceptors (Lipinski definition) is 4. The molecular weight excluding hydrogens is 247 g/mol. The van der Waals surface area contributed by atoms with Crippen molar-refractivity contribution in [1.82, 2.24) is 4.72 Å². The summed E-state index contributed by atoms with van der Waals surface area (Å²) in [5, 5.41) is 9.02. The lowest BCUT2D eigenvalue weighted by atomic mass is 10.2. The Bertz CT molecular complexity index is 515. The summed E-state index contributed by atoms with van der Waals surface area (Å²) in [5.41, 5.74) is 5.43. The fourth-order valence-electron chi connectivity index (χ4n) is 1.26. The van der Waals surface area contributed by atoms with Gasteiger partial charge in [-0.2, -0.15) is 0 Å². The fourth-order valence-corrected chi connectivity index (χ4v) is 2.67. The summed E-state index contributed by atoms with van der Waals surface area (Å²) in [5.74, 6) is -0.678. The van der Waals surface area contributed by atoms with E-state index in [0.717, 1.165) is 6.07 Å². The van der Waals surface area contributed by atoms with Crippen LogP contribution in [-0.2, 0) is 10.0 Å². The lowest BCUT2D eigenvalue weighted by Crippen LogP contribution is -2.31. The maximum atomic E-state index is 13.3. The van der Waals surface area contributed by atoms with Gasteiger partial charge in [-0.3, -0.25) is 0 Å². The molecule has 0 radical (unpaired) electrons. The number of aliphatic hydroxyl groups is 1. The molecule has 0 aliphatic heterocycles. The summed E-state index contributed by atoms with van der Waals surface area (Å²) in [6.45, 7) is 2.65. The minimum Gasteiger partial charge on any atom is -0.399 e. The zero-order chi connectivity index (χ0) is 13.2. The number of nitrogens with one attached hydrogen (secondary N) is 1. The number of nitrogen functional groups attached to an aromatic ring is 1. The first-order valence-corrected chi connectivity index (χ1v) is 6.45. The molecule has 0 saturated carbocycles. The summed E-state index contributed by atoms with van der Waals surface area (Å²) in [6, 6.07) is 2.24. The quantitative estimate of drug-likeness (QED) is 0.684. The van der Waals surface area contributed by atoms with Crippen LogP contribution in [0.5, 0.6) is 0 Å². The van der Waals surface area contributed by atoms with E-state index < -0.39 is 21.9 Å². The molecule has 0 saturated heterocycles. The van der Waals surface area contributed by atoms with Crippen molar-refractivity contribution in [2.45, 2.75) is 24.8 Å². The third-order valence-corrected chi connectivity index (χ3v) is 3.73. The van der Waals surface area contributed by atoms with Crippen LogP contribution in [0.1, 0.15) is 12.5 Å². The molecule has 17 heavy (non-hydrogen) atoms. The summed E-state index contributed by atoms with van der Waals surface area (Å²) in [7, 11) is -3.86. The van der Waals surface area contributed by atoms with Gasteiger partial charge < -0.3 is 10.8 Å². The smallest absolute Gasteiger partial charge is 0.241 e. The van der Waals surface area contributed by atoms with Crippen molar-refractivity contribution < 1.29 is 17.9 Å². The summed E-state index contributed by atoms with van der Waals surface area (Å²) < 4.78 is 39.2. The Morgan fingerprint density at radius 1 is 1.53 bits per heavy atom. The highest BCUT2D eigenvalue weighted by Crippen LogP contribution is 2.21. The second-order valence-corrected chi connectivity index (χ2v) is 5.56. The molecule has 1 unspecified atom stereocenters.